The topological polar surface area (TPSA) is 21.7 Å². The lowest BCUT2D eigenvalue weighted by Gasteiger charge is -2.24. The van der Waals surface area contributed by atoms with Crippen LogP contribution in [0.25, 0.3) is 0 Å². The van der Waals surface area contributed by atoms with E-state index in [1.807, 2.05) is 0 Å². The highest BCUT2D eigenvalue weighted by Gasteiger charge is 2.15. The van der Waals surface area contributed by atoms with Crippen molar-refractivity contribution in [2.75, 3.05) is 40.5 Å². The van der Waals surface area contributed by atoms with Crippen LogP contribution in [0.4, 0.5) is 0 Å². The largest absolute Gasteiger partial charge is 0.383 e. The van der Waals surface area contributed by atoms with Crippen molar-refractivity contribution < 1.29 is 9.47 Å². The van der Waals surface area contributed by atoms with Crippen LogP contribution in [-0.4, -0.2) is 51.5 Å². The van der Waals surface area contributed by atoms with Crippen LogP contribution in [0.1, 0.15) is 33.1 Å². The van der Waals surface area contributed by atoms with Gasteiger partial charge >= 0.3 is 0 Å². The Hall–Kier alpha value is -0.120. The highest BCUT2D eigenvalue weighted by atomic mass is 16.5. The molecule has 15 heavy (non-hydrogen) atoms. The van der Waals surface area contributed by atoms with E-state index in [9.17, 15) is 0 Å². The van der Waals surface area contributed by atoms with E-state index in [2.05, 4.69) is 25.8 Å². The van der Waals surface area contributed by atoms with E-state index in [-0.39, 0.29) is 0 Å². The summed E-state index contributed by atoms with van der Waals surface area (Å²) in [6, 6.07) is 0. The van der Waals surface area contributed by atoms with Gasteiger partial charge in [-0.2, -0.15) is 0 Å². The van der Waals surface area contributed by atoms with Gasteiger partial charge in [0.25, 0.3) is 0 Å². The number of likely N-dealkylation sites (N-methyl/N-ethyl adjacent to an activating group) is 1. The van der Waals surface area contributed by atoms with Crippen molar-refractivity contribution in [3.63, 3.8) is 0 Å². The fourth-order valence-electron chi connectivity index (χ4n) is 1.18. The van der Waals surface area contributed by atoms with E-state index in [0.29, 0.717) is 6.10 Å². The fourth-order valence-corrected chi connectivity index (χ4v) is 1.18. The summed E-state index contributed by atoms with van der Waals surface area (Å²) in [5, 5.41) is 0. The lowest BCUT2D eigenvalue weighted by Crippen LogP contribution is -2.21. The van der Waals surface area contributed by atoms with Crippen molar-refractivity contribution in [1.82, 2.24) is 4.90 Å². The zero-order valence-electron chi connectivity index (χ0n) is 10.8. The number of nitrogens with zero attached hydrogens (tertiary/aromatic N) is 1. The molecule has 1 rings (SSSR count). The molecule has 0 aliphatic heterocycles. The Morgan fingerprint density at radius 2 is 1.93 bits per heavy atom. The van der Waals surface area contributed by atoms with Gasteiger partial charge < -0.3 is 14.4 Å². The third kappa shape index (κ3) is 8.85. The lowest BCUT2D eigenvalue weighted by molar-refractivity contribution is 0.00995. The van der Waals surface area contributed by atoms with Crippen molar-refractivity contribution in [3.05, 3.63) is 0 Å². The zero-order chi connectivity index (χ0) is 11.5. The number of methoxy groups -OCH3 is 1. The van der Waals surface area contributed by atoms with Crippen LogP contribution < -0.4 is 0 Å². The van der Waals surface area contributed by atoms with Gasteiger partial charge in [-0.3, -0.25) is 0 Å². The van der Waals surface area contributed by atoms with Gasteiger partial charge in [0.2, 0.25) is 0 Å². The molecule has 0 atom stereocenters. The standard InChI is InChI=1S/C6H15NO.C6H12O/c1-4-7(2)5-6-8-3;1-2-7-6-4-3-5-6/h4-6H2,1-3H3;6H,2-5H2,1H3. The van der Waals surface area contributed by atoms with Crippen molar-refractivity contribution in [2.45, 2.75) is 39.2 Å². The maximum absolute atomic E-state index is 5.28. The number of ether oxygens (including phenoxy) is 2. The van der Waals surface area contributed by atoms with E-state index in [4.69, 9.17) is 9.47 Å². The number of rotatable bonds is 6. The quantitative estimate of drug-likeness (QED) is 0.680. The minimum atomic E-state index is 0.630. The summed E-state index contributed by atoms with van der Waals surface area (Å²) in [5.41, 5.74) is 0. The van der Waals surface area contributed by atoms with Gasteiger partial charge in [-0.15, -0.1) is 0 Å². The molecule has 0 bridgehead atoms. The first-order valence-electron chi connectivity index (χ1n) is 6.03. The average molecular weight is 217 g/mol. The molecule has 0 heterocycles. The number of hydrogen-bond acceptors (Lipinski definition) is 3. The van der Waals surface area contributed by atoms with Gasteiger partial charge in [0.15, 0.2) is 0 Å². The molecule has 0 radical (unpaired) electrons. The van der Waals surface area contributed by atoms with Crippen molar-refractivity contribution >= 4 is 0 Å². The highest BCUT2D eigenvalue weighted by molar-refractivity contribution is 4.68. The van der Waals surface area contributed by atoms with E-state index in [0.717, 1.165) is 26.3 Å². The molecular formula is C12H27NO2. The molecule has 1 saturated carbocycles. The van der Waals surface area contributed by atoms with Gasteiger partial charge in [0, 0.05) is 20.3 Å². The Morgan fingerprint density at radius 3 is 2.20 bits per heavy atom. The summed E-state index contributed by atoms with van der Waals surface area (Å²) in [4.78, 5) is 2.21. The molecule has 0 unspecified atom stereocenters. The summed E-state index contributed by atoms with van der Waals surface area (Å²) >= 11 is 0. The molecule has 3 nitrogen and oxygen atoms in total. The molecule has 1 aliphatic rings. The Labute approximate surface area is 94.7 Å². The summed E-state index contributed by atoms with van der Waals surface area (Å²) in [7, 11) is 3.81. The molecule has 0 saturated heterocycles. The summed E-state index contributed by atoms with van der Waals surface area (Å²) in [5.74, 6) is 0. The van der Waals surface area contributed by atoms with Gasteiger partial charge in [0.05, 0.1) is 12.7 Å². The molecule has 1 aliphatic carbocycles. The second-order valence-electron chi connectivity index (χ2n) is 3.90. The second kappa shape index (κ2) is 10.4. The van der Waals surface area contributed by atoms with Crippen LogP contribution in [0.2, 0.25) is 0 Å². The monoisotopic (exact) mass is 217 g/mol. The minimum absolute atomic E-state index is 0.630. The zero-order valence-corrected chi connectivity index (χ0v) is 10.8. The third-order valence-corrected chi connectivity index (χ3v) is 2.67. The average Bonchev–Trinajstić information content (AvgIpc) is 2.21. The molecule has 0 amide bonds. The second-order valence-corrected chi connectivity index (χ2v) is 3.90. The van der Waals surface area contributed by atoms with E-state index < -0.39 is 0 Å². The first-order chi connectivity index (χ1) is 7.24. The van der Waals surface area contributed by atoms with Crippen LogP contribution in [0.15, 0.2) is 0 Å². The summed E-state index contributed by atoms with van der Waals surface area (Å²) in [6.07, 6.45) is 4.61. The van der Waals surface area contributed by atoms with Gasteiger partial charge in [0.1, 0.15) is 0 Å². The normalized spacial score (nSPS) is 15.8. The maximum atomic E-state index is 5.28. The predicted molar refractivity (Wildman–Crippen MR) is 64.3 cm³/mol. The smallest absolute Gasteiger partial charge is 0.0589 e. The molecule has 92 valence electrons. The molecule has 0 aromatic heterocycles. The van der Waals surface area contributed by atoms with Gasteiger partial charge in [-0.05, 0) is 39.8 Å². The van der Waals surface area contributed by atoms with Crippen molar-refractivity contribution in [1.29, 1.82) is 0 Å². The van der Waals surface area contributed by atoms with Gasteiger partial charge in [-0.25, -0.2) is 0 Å². The summed E-state index contributed by atoms with van der Waals surface area (Å²) in [6.45, 7) is 8.05. The molecule has 3 heteroatoms. The fraction of sp³-hybridized carbons (Fsp3) is 1.00. The minimum Gasteiger partial charge on any atom is -0.383 e. The van der Waals surface area contributed by atoms with E-state index >= 15 is 0 Å². The van der Waals surface area contributed by atoms with Gasteiger partial charge in [-0.1, -0.05) is 6.92 Å². The predicted octanol–water partition coefficient (Wildman–Crippen LogP) is 2.16. The van der Waals surface area contributed by atoms with E-state index in [1.54, 1.807) is 7.11 Å². The molecule has 0 spiro atoms. The molecule has 1 fully saturated rings. The first-order valence-corrected chi connectivity index (χ1v) is 6.03. The van der Waals surface area contributed by atoms with Crippen LogP contribution in [-0.2, 0) is 9.47 Å². The SMILES string of the molecule is CCN(C)CCOC.CCOC1CCC1. The highest BCUT2D eigenvalue weighted by Crippen LogP contribution is 2.21. The molecule has 0 aromatic carbocycles. The summed E-state index contributed by atoms with van der Waals surface area (Å²) < 4.78 is 10.2. The number of hydrogen-bond donors (Lipinski definition) is 0. The Morgan fingerprint density at radius 1 is 1.27 bits per heavy atom. The molecular weight excluding hydrogens is 190 g/mol. The van der Waals surface area contributed by atoms with Crippen LogP contribution in [0, 0.1) is 0 Å². The molecule has 0 N–H and O–H groups in total. The third-order valence-electron chi connectivity index (χ3n) is 2.67. The first kappa shape index (κ1) is 14.9. The Balaban J connectivity index is 0.000000262. The maximum Gasteiger partial charge on any atom is 0.0589 e. The van der Waals surface area contributed by atoms with Crippen LogP contribution >= 0.6 is 0 Å². The lowest BCUT2D eigenvalue weighted by atomic mass is 9.96. The Bertz CT molecular complexity index is 127. The molecule has 0 aromatic rings. The van der Waals surface area contributed by atoms with Crippen molar-refractivity contribution in [2.24, 2.45) is 0 Å². The Kier molecular flexibility index (Phi) is 10.3. The van der Waals surface area contributed by atoms with E-state index in [1.165, 1.54) is 19.3 Å². The van der Waals surface area contributed by atoms with Crippen LogP contribution in [0.5, 0.6) is 0 Å². The van der Waals surface area contributed by atoms with Crippen LogP contribution in [0.3, 0.4) is 0 Å². The van der Waals surface area contributed by atoms with Crippen molar-refractivity contribution in [3.8, 4) is 0 Å².